The minimum Gasteiger partial charge on any atom is -0.497 e. The van der Waals surface area contributed by atoms with Gasteiger partial charge in [-0.3, -0.25) is 4.72 Å². The van der Waals surface area contributed by atoms with Crippen LogP contribution in [0.2, 0.25) is 0 Å². The maximum Gasteiger partial charge on any atom is 0.265 e. The van der Waals surface area contributed by atoms with Crippen molar-refractivity contribution < 1.29 is 22.6 Å². The lowest BCUT2D eigenvalue weighted by Crippen LogP contribution is -2.41. The normalized spacial score (nSPS) is 17.4. The highest BCUT2D eigenvalue weighted by Crippen LogP contribution is 2.30. The summed E-state index contributed by atoms with van der Waals surface area (Å²) in [6.07, 6.45) is 0.178. The van der Waals surface area contributed by atoms with E-state index in [0.717, 1.165) is 18.8 Å². The number of hydrogen-bond donors (Lipinski definition) is 1. The molecule has 0 spiro atoms. The van der Waals surface area contributed by atoms with Crippen LogP contribution in [0.4, 0.5) is 11.4 Å². The Bertz CT molecular complexity index is 883. The smallest absolute Gasteiger partial charge is 0.265 e. The van der Waals surface area contributed by atoms with Crippen LogP contribution in [0.1, 0.15) is 6.92 Å². The first-order chi connectivity index (χ1) is 12.9. The van der Waals surface area contributed by atoms with Crippen molar-refractivity contribution in [1.29, 1.82) is 0 Å². The van der Waals surface area contributed by atoms with Gasteiger partial charge in [-0.15, -0.1) is 0 Å². The van der Waals surface area contributed by atoms with Crippen LogP contribution in [-0.4, -0.2) is 48.4 Å². The third-order valence-electron chi connectivity index (χ3n) is 4.39. The summed E-state index contributed by atoms with van der Waals surface area (Å²) in [6.45, 7) is 4.35. The van der Waals surface area contributed by atoms with Crippen molar-refractivity contribution >= 4 is 21.4 Å². The van der Waals surface area contributed by atoms with Crippen LogP contribution < -0.4 is 19.1 Å². The van der Waals surface area contributed by atoms with Crippen LogP contribution in [-0.2, 0) is 14.8 Å². The predicted molar refractivity (Wildman–Crippen MR) is 104 cm³/mol. The Morgan fingerprint density at radius 2 is 1.85 bits per heavy atom. The molecule has 1 unspecified atom stereocenters. The first kappa shape index (κ1) is 19.3. The highest BCUT2D eigenvalue weighted by Gasteiger charge is 2.21. The van der Waals surface area contributed by atoms with Gasteiger partial charge in [-0.05, 0) is 43.3 Å². The van der Waals surface area contributed by atoms with Crippen molar-refractivity contribution in [3.8, 4) is 11.5 Å². The summed E-state index contributed by atoms with van der Waals surface area (Å²) in [5.41, 5.74) is 1.51. The molecule has 3 rings (SSSR count). The third-order valence-corrected chi connectivity index (χ3v) is 5.79. The number of sulfonamides is 1. The monoisotopic (exact) mass is 392 g/mol. The molecule has 27 heavy (non-hydrogen) atoms. The van der Waals surface area contributed by atoms with Crippen LogP contribution in [0.3, 0.4) is 0 Å². The molecule has 0 radical (unpaired) electrons. The van der Waals surface area contributed by atoms with Gasteiger partial charge in [0.1, 0.15) is 16.4 Å². The van der Waals surface area contributed by atoms with E-state index in [2.05, 4.69) is 9.62 Å². The zero-order chi connectivity index (χ0) is 19.4. The molecule has 2 aromatic carbocycles. The quantitative estimate of drug-likeness (QED) is 0.815. The molecule has 7 nitrogen and oxygen atoms in total. The number of nitrogens with one attached hydrogen (secondary N) is 1. The summed E-state index contributed by atoms with van der Waals surface area (Å²) in [5, 5.41) is 0. The fourth-order valence-corrected chi connectivity index (χ4v) is 4.24. The second-order valence-electron chi connectivity index (χ2n) is 6.30. The molecule has 146 valence electrons. The highest BCUT2D eigenvalue weighted by molar-refractivity contribution is 7.92. The van der Waals surface area contributed by atoms with Gasteiger partial charge in [0.2, 0.25) is 0 Å². The molecule has 0 aromatic heterocycles. The molecular weight excluding hydrogens is 368 g/mol. The lowest BCUT2D eigenvalue weighted by Gasteiger charge is -2.33. The van der Waals surface area contributed by atoms with Gasteiger partial charge in [-0.1, -0.05) is 0 Å². The number of hydrogen-bond acceptors (Lipinski definition) is 6. The lowest BCUT2D eigenvalue weighted by molar-refractivity contribution is 0.0532. The van der Waals surface area contributed by atoms with E-state index in [0.29, 0.717) is 18.0 Å². The summed E-state index contributed by atoms with van der Waals surface area (Å²) in [5.74, 6) is 0.690. The van der Waals surface area contributed by atoms with Crippen LogP contribution in [0.25, 0.3) is 0 Å². The molecule has 1 aliphatic heterocycles. The minimum absolute atomic E-state index is 0.0235. The molecule has 1 atom stereocenters. The zero-order valence-electron chi connectivity index (χ0n) is 15.6. The number of ether oxygens (including phenoxy) is 3. The summed E-state index contributed by atoms with van der Waals surface area (Å²) in [6, 6.07) is 12.0. The third kappa shape index (κ3) is 4.45. The van der Waals surface area contributed by atoms with Gasteiger partial charge in [0.15, 0.2) is 0 Å². The van der Waals surface area contributed by atoms with E-state index in [-0.39, 0.29) is 16.7 Å². The SMILES string of the molecule is COc1ccc(OC)c(S(=O)(=O)Nc2ccc(N3CCOC(C)C3)cc2)c1. The van der Waals surface area contributed by atoms with Crippen LogP contribution in [0.5, 0.6) is 11.5 Å². The summed E-state index contributed by atoms with van der Waals surface area (Å²) < 4.78 is 44.1. The number of morpholine rings is 1. The first-order valence-electron chi connectivity index (χ1n) is 8.64. The van der Waals surface area contributed by atoms with E-state index in [1.807, 2.05) is 19.1 Å². The Hall–Kier alpha value is -2.45. The maximum absolute atomic E-state index is 12.8. The Morgan fingerprint density at radius 1 is 1.11 bits per heavy atom. The van der Waals surface area contributed by atoms with Gasteiger partial charge < -0.3 is 19.1 Å². The second kappa shape index (κ2) is 8.06. The van der Waals surface area contributed by atoms with E-state index < -0.39 is 10.0 Å². The van der Waals surface area contributed by atoms with Crippen molar-refractivity contribution in [2.45, 2.75) is 17.9 Å². The van der Waals surface area contributed by atoms with Crippen molar-refractivity contribution in [3.05, 3.63) is 42.5 Å². The fourth-order valence-electron chi connectivity index (χ4n) is 3.00. The van der Waals surface area contributed by atoms with Crippen LogP contribution in [0, 0.1) is 0 Å². The van der Waals surface area contributed by atoms with Gasteiger partial charge in [-0.2, -0.15) is 0 Å². The molecule has 0 bridgehead atoms. The van der Waals surface area contributed by atoms with Gasteiger partial charge in [-0.25, -0.2) is 8.42 Å². The number of rotatable bonds is 6. The molecule has 1 N–H and O–H groups in total. The predicted octanol–water partition coefficient (Wildman–Crippen LogP) is 2.73. The maximum atomic E-state index is 12.8. The zero-order valence-corrected chi connectivity index (χ0v) is 16.5. The van der Waals surface area contributed by atoms with Crippen molar-refractivity contribution in [2.75, 3.05) is 43.5 Å². The average molecular weight is 392 g/mol. The average Bonchev–Trinajstić information content (AvgIpc) is 2.67. The number of nitrogens with zero attached hydrogens (tertiary/aromatic N) is 1. The summed E-state index contributed by atoms with van der Waals surface area (Å²) >= 11 is 0. The van der Waals surface area contributed by atoms with Gasteiger partial charge in [0, 0.05) is 30.5 Å². The molecule has 1 saturated heterocycles. The molecule has 0 saturated carbocycles. The fraction of sp³-hybridized carbons (Fsp3) is 0.368. The van der Waals surface area contributed by atoms with Crippen molar-refractivity contribution in [2.24, 2.45) is 0 Å². The molecule has 1 fully saturated rings. The Morgan fingerprint density at radius 3 is 2.48 bits per heavy atom. The molecule has 0 amide bonds. The number of benzene rings is 2. The first-order valence-corrected chi connectivity index (χ1v) is 10.1. The lowest BCUT2D eigenvalue weighted by atomic mass is 10.2. The summed E-state index contributed by atoms with van der Waals surface area (Å²) in [7, 11) is -0.911. The number of methoxy groups -OCH3 is 2. The molecular formula is C19H24N2O5S. The molecule has 1 heterocycles. The largest absolute Gasteiger partial charge is 0.497 e. The number of anilines is 2. The minimum atomic E-state index is -3.82. The second-order valence-corrected chi connectivity index (χ2v) is 7.95. The van der Waals surface area contributed by atoms with E-state index in [1.165, 1.54) is 20.3 Å². The van der Waals surface area contributed by atoms with Crippen molar-refractivity contribution in [1.82, 2.24) is 0 Å². The van der Waals surface area contributed by atoms with Crippen LogP contribution >= 0.6 is 0 Å². The van der Waals surface area contributed by atoms with Gasteiger partial charge in [0.25, 0.3) is 10.0 Å². The topological polar surface area (TPSA) is 77.1 Å². The molecule has 0 aliphatic carbocycles. The van der Waals surface area contributed by atoms with Crippen LogP contribution in [0.15, 0.2) is 47.4 Å². The standard InChI is InChI=1S/C19H24N2O5S/c1-14-13-21(10-11-26-14)16-6-4-15(5-7-16)20-27(22,23)19-12-17(24-2)8-9-18(19)25-3/h4-9,12,14,20H,10-11,13H2,1-3H3. The van der Waals surface area contributed by atoms with Crippen molar-refractivity contribution in [3.63, 3.8) is 0 Å². The van der Waals surface area contributed by atoms with E-state index in [1.54, 1.807) is 24.3 Å². The van der Waals surface area contributed by atoms with Gasteiger partial charge >= 0.3 is 0 Å². The molecule has 8 heteroatoms. The van der Waals surface area contributed by atoms with E-state index >= 15 is 0 Å². The Labute approximate surface area is 159 Å². The molecule has 1 aliphatic rings. The molecule has 2 aromatic rings. The van der Waals surface area contributed by atoms with Gasteiger partial charge in [0.05, 0.1) is 26.9 Å². The Kier molecular flexibility index (Phi) is 5.76. The highest BCUT2D eigenvalue weighted by atomic mass is 32.2. The van der Waals surface area contributed by atoms with E-state index in [4.69, 9.17) is 14.2 Å². The Balaban J connectivity index is 1.80. The summed E-state index contributed by atoms with van der Waals surface area (Å²) in [4.78, 5) is 2.24. The van der Waals surface area contributed by atoms with E-state index in [9.17, 15) is 8.42 Å².